The summed E-state index contributed by atoms with van der Waals surface area (Å²) < 4.78 is 46.0. The second-order valence-corrected chi connectivity index (χ2v) is 13.2. The molecule has 0 spiro atoms. The third-order valence-electron chi connectivity index (χ3n) is 8.27. The molecule has 10 nitrogen and oxygen atoms in total. The molecule has 3 aromatic carbocycles. The quantitative estimate of drug-likeness (QED) is 0.301. The number of fused-ring (bicyclic) bond motifs is 1. The van der Waals surface area contributed by atoms with Gasteiger partial charge in [-0.2, -0.15) is 0 Å². The molecule has 3 aromatic rings. The molecule has 1 aliphatic carbocycles. The van der Waals surface area contributed by atoms with Crippen molar-refractivity contribution in [1.82, 2.24) is 10.2 Å². The molecular weight excluding hydrogens is 594 g/mol. The van der Waals surface area contributed by atoms with E-state index in [1.165, 1.54) is 17.0 Å². The Morgan fingerprint density at radius 2 is 1.62 bits per heavy atom. The number of nitrogens with one attached hydrogen (secondary N) is 1. The number of hydrogen-bond acceptors (Lipinski definition) is 7. The molecule has 2 amide bonds. The van der Waals surface area contributed by atoms with Gasteiger partial charge in [0.25, 0.3) is 10.0 Å². The van der Waals surface area contributed by atoms with E-state index in [9.17, 15) is 18.0 Å². The fourth-order valence-electron chi connectivity index (χ4n) is 5.83. The Kier molecular flexibility index (Phi) is 10.5. The zero-order chi connectivity index (χ0) is 31.8. The first-order valence-electron chi connectivity index (χ1n) is 15.5. The molecule has 1 aliphatic heterocycles. The summed E-state index contributed by atoms with van der Waals surface area (Å²) in [6, 6.07) is 19.3. The van der Waals surface area contributed by atoms with Crippen molar-refractivity contribution in [2.24, 2.45) is 0 Å². The van der Waals surface area contributed by atoms with Crippen molar-refractivity contribution < 1.29 is 32.2 Å². The molecule has 0 aromatic heterocycles. The van der Waals surface area contributed by atoms with Gasteiger partial charge in [0.2, 0.25) is 11.8 Å². The lowest BCUT2D eigenvalue weighted by molar-refractivity contribution is -0.140. The molecule has 0 radical (unpaired) electrons. The normalized spacial score (nSPS) is 15.5. The molecule has 0 bridgehead atoms. The molecule has 240 valence electrons. The SMILES string of the molecule is CC[C@@H](C(=O)NC1CCCCC1)N(Cc1ccc(OC)cc1)C(=O)CN(c1ccc2c(c1)OCCO2)S(=O)(=O)c1ccccc1. The number of hydrogen-bond donors (Lipinski definition) is 1. The smallest absolute Gasteiger partial charge is 0.264 e. The Bertz CT molecular complexity index is 1560. The molecule has 0 saturated heterocycles. The summed E-state index contributed by atoms with van der Waals surface area (Å²) in [5, 5.41) is 3.17. The molecule has 1 saturated carbocycles. The van der Waals surface area contributed by atoms with Crippen LogP contribution in [0.15, 0.2) is 77.7 Å². The number of sulfonamides is 1. The number of amides is 2. The minimum absolute atomic E-state index is 0.0384. The van der Waals surface area contributed by atoms with Crippen LogP contribution in [-0.4, -0.2) is 64.1 Å². The molecule has 1 N–H and O–H groups in total. The second-order valence-electron chi connectivity index (χ2n) is 11.3. The van der Waals surface area contributed by atoms with Crippen LogP contribution >= 0.6 is 0 Å². The van der Waals surface area contributed by atoms with Crippen LogP contribution in [0, 0.1) is 0 Å². The van der Waals surface area contributed by atoms with Crippen molar-refractivity contribution in [3.05, 3.63) is 78.4 Å². The van der Waals surface area contributed by atoms with Crippen molar-refractivity contribution in [2.75, 3.05) is 31.2 Å². The molecule has 11 heteroatoms. The van der Waals surface area contributed by atoms with Gasteiger partial charge in [-0.25, -0.2) is 8.42 Å². The van der Waals surface area contributed by atoms with Gasteiger partial charge in [0.05, 0.1) is 17.7 Å². The number of ether oxygens (including phenoxy) is 3. The minimum Gasteiger partial charge on any atom is -0.497 e. The van der Waals surface area contributed by atoms with Gasteiger partial charge in [0.15, 0.2) is 11.5 Å². The van der Waals surface area contributed by atoms with Crippen LogP contribution in [0.4, 0.5) is 5.69 Å². The van der Waals surface area contributed by atoms with Gasteiger partial charge < -0.3 is 24.4 Å². The topological polar surface area (TPSA) is 114 Å². The highest BCUT2D eigenvalue weighted by atomic mass is 32.2. The maximum Gasteiger partial charge on any atom is 0.264 e. The number of carbonyl (C=O) groups excluding carboxylic acids is 2. The monoisotopic (exact) mass is 635 g/mol. The van der Waals surface area contributed by atoms with E-state index in [0.29, 0.717) is 36.9 Å². The number of nitrogens with zero attached hydrogens (tertiary/aromatic N) is 2. The van der Waals surface area contributed by atoms with Crippen molar-refractivity contribution in [2.45, 2.75) is 69.0 Å². The Hall–Kier alpha value is -4.25. The highest BCUT2D eigenvalue weighted by molar-refractivity contribution is 7.92. The van der Waals surface area contributed by atoms with E-state index in [2.05, 4.69) is 5.32 Å². The molecule has 1 fully saturated rings. The van der Waals surface area contributed by atoms with Gasteiger partial charge >= 0.3 is 0 Å². The first-order chi connectivity index (χ1) is 21.8. The zero-order valence-corrected chi connectivity index (χ0v) is 26.6. The van der Waals surface area contributed by atoms with Gasteiger partial charge in [-0.15, -0.1) is 0 Å². The zero-order valence-electron chi connectivity index (χ0n) is 25.8. The van der Waals surface area contributed by atoms with Crippen molar-refractivity contribution >= 4 is 27.5 Å². The molecule has 2 aliphatic rings. The van der Waals surface area contributed by atoms with Gasteiger partial charge in [0.1, 0.15) is 31.5 Å². The number of rotatable bonds is 12. The van der Waals surface area contributed by atoms with Crippen LogP contribution in [0.3, 0.4) is 0 Å². The average Bonchev–Trinajstić information content (AvgIpc) is 3.07. The highest BCUT2D eigenvalue weighted by Crippen LogP contribution is 2.36. The molecular formula is C34H41N3O7S. The van der Waals surface area contributed by atoms with Crippen molar-refractivity contribution in [3.63, 3.8) is 0 Å². The van der Waals surface area contributed by atoms with Crippen LogP contribution in [0.2, 0.25) is 0 Å². The van der Waals surface area contributed by atoms with E-state index in [4.69, 9.17) is 14.2 Å². The Labute approximate surface area is 265 Å². The maximum absolute atomic E-state index is 14.4. The number of anilines is 1. The molecule has 5 rings (SSSR count). The first-order valence-corrected chi connectivity index (χ1v) is 16.9. The Balaban J connectivity index is 1.50. The third kappa shape index (κ3) is 7.70. The Morgan fingerprint density at radius 3 is 2.29 bits per heavy atom. The fourth-order valence-corrected chi connectivity index (χ4v) is 7.25. The van der Waals surface area contributed by atoms with Crippen LogP contribution in [0.5, 0.6) is 17.2 Å². The summed E-state index contributed by atoms with van der Waals surface area (Å²) in [4.78, 5) is 29.6. The minimum atomic E-state index is -4.19. The lowest BCUT2D eigenvalue weighted by Crippen LogP contribution is -2.54. The lowest BCUT2D eigenvalue weighted by atomic mass is 9.95. The first kappa shape index (κ1) is 32.2. The predicted octanol–water partition coefficient (Wildman–Crippen LogP) is 4.92. The largest absolute Gasteiger partial charge is 0.497 e. The van der Waals surface area contributed by atoms with Gasteiger partial charge in [-0.05, 0) is 61.2 Å². The van der Waals surface area contributed by atoms with Crippen LogP contribution in [-0.2, 0) is 26.2 Å². The molecule has 1 atom stereocenters. The summed E-state index contributed by atoms with van der Waals surface area (Å²) >= 11 is 0. The Morgan fingerprint density at radius 1 is 0.933 bits per heavy atom. The molecule has 45 heavy (non-hydrogen) atoms. The summed E-state index contributed by atoms with van der Waals surface area (Å²) in [7, 11) is -2.62. The highest BCUT2D eigenvalue weighted by Gasteiger charge is 2.35. The molecule has 0 unspecified atom stereocenters. The van der Waals surface area contributed by atoms with E-state index in [0.717, 1.165) is 42.0 Å². The maximum atomic E-state index is 14.4. The summed E-state index contributed by atoms with van der Waals surface area (Å²) in [5.74, 6) is 0.819. The van der Waals surface area contributed by atoms with Crippen LogP contribution in [0.1, 0.15) is 51.0 Å². The van der Waals surface area contributed by atoms with Crippen molar-refractivity contribution in [3.8, 4) is 17.2 Å². The van der Waals surface area contributed by atoms with E-state index < -0.39 is 28.5 Å². The standard InChI is InChI=1S/C34H41N3O7S/c1-3-30(34(39)35-26-10-6-4-7-11-26)36(23-25-14-17-28(42-2)18-15-25)33(38)24-37(45(40,41)29-12-8-5-9-13-29)27-16-19-31-32(22-27)44-21-20-43-31/h5,8-9,12-19,22,26,30H,3-4,6-7,10-11,20-21,23-24H2,1-2H3,(H,35,39)/t30-/m0/s1. The molecule has 1 heterocycles. The van der Waals surface area contributed by atoms with E-state index in [-0.39, 0.29) is 29.1 Å². The van der Waals surface area contributed by atoms with E-state index in [1.54, 1.807) is 55.6 Å². The van der Waals surface area contributed by atoms with Crippen LogP contribution in [0.25, 0.3) is 0 Å². The number of benzene rings is 3. The number of methoxy groups -OCH3 is 1. The summed E-state index contributed by atoms with van der Waals surface area (Å²) in [6.45, 7) is 2.15. The second kappa shape index (κ2) is 14.7. The van der Waals surface area contributed by atoms with E-state index in [1.807, 2.05) is 19.1 Å². The average molecular weight is 636 g/mol. The fraction of sp³-hybridized carbons (Fsp3) is 0.412. The summed E-state index contributed by atoms with van der Waals surface area (Å²) in [5.41, 5.74) is 1.03. The van der Waals surface area contributed by atoms with Crippen LogP contribution < -0.4 is 23.8 Å². The van der Waals surface area contributed by atoms with Crippen molar-refractivity contribution in [1.29, 1.82) is 0 Å². The van der Waals surface area contributed by atoms with E-state index >= 15 is 0 Å². The predicted molar refractivity (Wildman–Crippen MR) is 171 cm³/mol. The van der Waals surface area contributed by atoms with Gasteiger partial charge in [-0.3, -0.25) is 13.9 Å². The number of carbonyl (C=O) groups is 2. The van der Waals surface area contributed by atoms with Gasteiger partial charge in [-0.1, -0.05) is 56.5 Å². The summed E-state index contributed by atoms with van der Waals surface area (Å²) in [6.07, 6.45) is 5.42. The van der Waals surface area contributed by atoms with Gasteiger partial charge in [0, 0.05) is 18.7 Å². The third-order valence-corrected chi connectivity index (χ3v) is 10.1. The lowest BCUT2D eigenvalue weighted by Gasteiger charge is -2.34.